The van der Waals surface area contributed by atoms with Crippen LogP contribution in [0.2, 0.25) is 0 Å². The van der Waals surface area contributed by atoms with E-state index < -0.39 is 27.2 Å². The van der Waals surface area contributed by atoms with Crippen molar-refractivity contribution in [2.24, 2.45) is 11.1 Å². The average Bonchev–Trinajstić information content (AvgIpc) is 1.98. The molecule has 0 aromatic heterocycles. The van der Waals surface area contributed by atoms with Crippen LogP contribution in [-0.4, -0.2) is 26.7 Å². The summed E-state index contributed by atoms with van der Waals surface area (Å²) in [7, 11) is -2.45. The lowest BCUT2D eigenvalue weighted by atomic mass is 10.1. The standard InChI is InChI=1S/C6H13NO4S/c1-4(6(8)11-3)5(2)12(7,9)10/h4-5H,1-3H3,(H2,7,9,10)/t4-,5+/m1/s1. The van der Waals surface area contributed by atoms with Crippen molar-refractivity contribution in [1.29, 1.82) is 0 Å². The SMILES string of the molecule is COC(=O)[C@H](C)[C@H](C)S(N)(=O)=O. The van der Waals surface area contributed by atoms with Gasteiger partial charge in [-0.05, 0) is 6.92 Å². The fourth-order valence-electron chi connectivity index (χ4n) is 0.662. The van der Waals surface area contributed by atoms with Crippen molar-refractivity contribution in [1.82, 2.24) is 0 Å². The molecule has 6 heteroatoms. The van der Waals surface area contributed by atoms with Crippen molar-refractivity contribution in [2.45, 2.75) is 19.1 Å². The predicted molar refractivity (Wildman–Crippen MR) is 43.7 cm³/mol. The highest BCUT2D eigenvalue weighted by Gasteiger charge is 2.28. The van der Waals surface area contributed by atoms with Crippen LogP contribution >= 0.6 is 0 Å². The third kappa shape index (κ3) is 2.78. The number of methoxy groups -OCH3 is 1. The van der Waals surface area contributed by atoms with Gasteiger partial charge in [0.05, 0.1) is 18.3 Å². The molecule has 5 nitrogen and oxygen atoms in total. The molecule has 0 aliphatic carbocycles. The molecule has 0 radical (unpaired) electrons. The number of esters is 1. The third-order valence-corrected chi connectivity index (χ3v) is 3.24. The van der Waals surface area contributed by atoms with Crippen molar-refractivity contribution in [3.05, 3.63) is 0 Å². The van der Waals surface area contributed by atoms with Gasteiger partial charge in [0.2, 0.25) is 10.0 Å². The minimum atomic E-state index is -3.66. The minimum Gasteiger partial charge on any atom is -0.469 e. The lowest BCUT2D eigenvalue weighted by Crippen LogP contribution is -2.35. The summed E-state index contributed by atoms with van der Waals surface area (Å²) < 4.78 is 25.9. The monoisotopic (exact) mass is 195 g/mol. The van der Waals surface area contributed by atoms with Gasteiger partial charge in [0.25, 0.3) is 0 Å². The van der Waals surface area contributed by atoms with Crippen LogP contribution < -0.4 is 5.14 Å². The third-order valence-electron chi connectivity index (χ3n) is 1.80. The Morgan fingerprint density at radius 3 is 2.08 bits per heavy atom. The first-order valence-electron chi connectivity index (χ1n) is 3.40. The Hall–Kier alpha value is -0.620. The zero-order valence-corrected chi connectivity index (χ0v) is 8.09. The predicted octanol–water partition coefficient (Wildman–Crippen LogP) is -0.527. The van der Waals surface area contributed by atoms with Gasteiger partial charge in [-0.3, -0.25) is 4.79 Å². The van der Waals surface area contributed by atoms with Crippen LogP contribution in [0.5, 0.6) is 0 Å². The number of carbonyl (C=O) groups excluding carboxylic acids is 1. The molecule has 0 spiro atoms. The molecular formula is C6H13NO4S. The molecule has 0 heterocycles. The summed E-state index contributed by atoms with van der Waals surface area (Å²) in [6, 6.07) is 0. The van der Waals surface area contributed by atoms with Crippen molar-refractivity contribution < 1.29 is 17.9 Å². The maximum absolute atomic E-state index is 10.9. The maximum atomic E-state index is 10.9. The highest BCUT2D eigenvalue weighted by Crippen LogP contribution is 2.10. The molecule has 0 saturated carbocycles. The van der Waals surface area contributed by atoms with E-state index in [4.69, 9.17) is 5.14 Å². The van der Waals surface area contributed by atoms with Crippen molar-refractivity contribution in [3.63, 3.8) is 0 Å². The number of carbonyl (C=O) groups is 1. The molecule has 2 atom stereocenters. The molecular weight excluding hydrogens is 182 g/mol. The van der Waals surface area contributed by atoms with Gasteiger partial charge in [-0.25, -0.2) is 13.6 Å². The number of nitrogens with two attached hydrogens (primary N) is 1. The summed E-state index contributed by atoms with van der Waals surface area (Å²) in [6.07, 6.45) is 0. The van der Waals surface area contributed by atoms with E-state index in [9.17, 15) is 13.2 Å². The number of primary sulfonamides is 1. The van der Waals surface area contributed by atoms with Gasteiger partial charge >= 0.3 is 5.97 Å². The fourth-order valence-corrected chi connectivity index (χ4v) is 1.34. The van der Waals surface area contributed by atoms with E-state index in [-0.39, 0.29) is 0 Å². The fraction of sp³-hybridized carbons (Fsp3) is 0.833. The molecule has 12 heavy (non-hydrogen) atoms. The molecule has 0 aliphatic heterocycles. The van der Waals surface area contributed by atoms with Crippen molar-refractivity contribution >= 4 is 16.0 Å². The van der Waals surface area contributed by atoms with Crippen LogP contribution in [0.15, 0.2) is 0 Å². The number of hydrogen-bond donors (Lipinski definition) is 1. The molecule has 0 amide bonds. The molecule has 0 fully saturated rings. The lowest BCUT2D eigenvalue weighted by Gasteiger charge is -2.14. The van der Waals surface area contributed by atoms with Gasteiger partial charge in [-0.2, -0.15) is 0 Å². The van der Waals surface area contributed by atoms with E-state index >= 15 is 0 Å². The highest BCUT2D eigenvalue weighted by molar-refractivity contribution is 7.89. The molecule has 0 bridgehead atoms. The first-order valence-corrected chi connectivity index (χ1v) is 5.01. The zero-order valence-electron chi connectivity index (χ0n) is 7.27. The Labute approximate surface area is 71.9 Å². The number of ether oxygens (including phenoxy) is 1. The van der Waals surface area contributed by atoms with Gasteiger partial charge in [-0.15, -0.1) is 0 Å². The van der Waals surface area contributed by atoms with E-state index in [0.29, 0.717) is 0 Å². The second kappa shape index (κ2) is 3.86. The van der Waals surface area contributed by atoms with Crippen LogP contribution in [0, 0.1) is 5.92 Å². The largest absolute Gasteiger partial charge is 0.469 e. The Morgan fingerprint density at radius 1 is 1.42 bits per heavy atom. The first-order chi connectivity index (χ1) is 5.30. The van der Waals surface area contributed by atoms with Crippen LogP contribution in [0.25, 0.3) is 0 Å². The smallest absolute Gasteiger partial charge is 0.309 e. The molecule has 0 unspecified atom stereocenters. The summed E-state index contributed by atoms with van der Waals surface area (Å²) >= 11 is 0. The first kappa shape index (κ1) is 11.4. The van der Waals surface area contributed by atoms with Crippen LogP contribution in [0.3, 0.4) is 0 Å². The number of rotatable bonds is 3. The summed E-state index contributed by atoms with van der Waals surface area (Å²) in [5.41, 5.74) is 0. The molecule has 0 aliphatic rings. The Balaban J connectivity index is 4.51. The zero-order chi connectivity index (χ0) is 9.94. The molecule has 2 N–H and O–H groups in total. The van der Waals surface area contributed by atoms with Crippen LogP contribution in [-0.2, 0) is 19.6 Å². The van der Waals surface area contributed by atoms with Crippen molar-refractivity contribution in [2.75, 3.05) is 7.11 Å². The van der Waals surface area contributed by atoms with Gasteiger partial charge in [0, 0.05) is 0 Å². The minimum absolute atomic E-state index is 0.573. The van der Waals surface area contributed by atoms with E-state index in [1.165, 1.54) is 21.0 Å². The summed E-state index contributed by atoms with van der Waals surface area (Å²) in [5, 5.41) is 3.92. The van der Waals surface area contributed by atoms with Crippen molar-refractivity contribution in [3.8, 4) is 0 Å². The number of hydrogen-bond acceptors (Lipinski definition) is 4. The Kier molecular flexibility index (Phi) is 3.66. The molecule has 0 saturated heterocycles. The summed E-state index contributed by atoms with van der Waals surface area (Å²) in [6.45, 7) is 2.83. The number of sulfonamides is 1. The molecule has 0 rings (SSSR count). The Morgan fingerprint density at radius 2 is 1.83 bits per heavy atom. The summed E-state index contributed by atoms with van der Waals surface area (Å²) in [5.74, 6) is -1.30. The van der Waals surface area contributed by atoms with Gasteiger partial charge < -0.3 is 4.74 Å². The van der Waals surface area contributed by atoms with Crippen LogP contribution in [0.1, 0.15) is 13.8 Å². The van der Waals surface area contributed by atoms with E-state index in [2.05, 4.69) is 4.74 Å². The van der Waals surface area contributed by atoms with E-state index in [0.717, 1.165) is 0 Å². The van der Waals surface area contributed by atoms with E-state index in [1.807, 2.05) is 0 Å². The molecule has 0 aromatic rings. The second-order valence-electron chi connectivity index (χ2n) is 2.61. The van der Waals surface area contributed by atoms with Gasteiger partial charge in [-0.1, -0.05) is 6.92 Å². The average molecular weight is 195 g/mol. The van der Waals surface area contributed by atoms with Crippen LogP contribution in [0.4, 0.5) is 0 Å². The normalized spacial score (nSPS) is 16.7. The molecule has 72 valence electrons. The topological polar surface area (TPSA) is 86.5 Å². The summed E-state index contributed by atoms with van der Waals surface area (Å²) in [4.78, 5) is 10.9. The van der Waals surface area contributed by atoms with Gasteiger partial charge in [0.15, 0.2) is 0 Å². The van der Waals surface area contributed by atoms with E-state index in [1.54, 1.807) is 0 Å². The molecule has 0 aromatic carbocycles. The van der Waals surface area contributed by atoms with Gasteiger partial charge in [0.1, 0.15) is 0 Å². The maximum Gasteiger partial charge on any atom is 0.309 e. The highest BCUT2D eigenvalue weighted by atomic mass is 32.2. The second-order valence-corrected chi connectivity index (χ2v) is 4.53. The quantitative estimate of drug-likeness (QED) is 0.613. The lowest BCUT2D eigenvalue weighted by molar-refractivity contribution is -0.144. The Bertz CT molecular complexity index is 259.